The highest BCUT2D eigenvalue weighted by atomic mass is 32.2. The summed E-state index contributed by atoms with van der Waals surface area (Å²) in [5.41, 5.74) is 0.343. The molecule has 0 bridgehead atoms. The fraction of sp³-hybridized carbons (Fsp3) is 0.0769. The van der Waals surface area contributed by atoms with E-state index in [1.54, 1.807) is 25.3 Å². The molecule has 0 spiro atoms. The van der Waals surface area contributed by atoms with E-state index in [1.807, 2.05) is 35.1 Å². The van der Waals surface area contributed by atoms with Gasteiger partial charge in [0.25, 0.3) is 0 Å². The van der Waals surface area contributed by atoms with Gasteiger partial charge in [-0.15, -0.1) is 0 Å². The smallest absolute Gasteiger partial charge is 0.357 e. The first-order valence-electron chi connectivity index (χ1n) is 5.40. The molecule has 0 aliphatic heterocycles. The molecule has 2 rings (SSSR count). The highest BCUT2D eigenvalue weighted by molar-refractivity contribution is 7.87. The van der Waals surface area contributed by atoms with E-state index in [-0.39, 0.29) is 0 Å². The second-order valence-corrected chi connectivity index (χ2v) is 4.61. The monoisotopic (exact) mass is 281 g/mol. The van der Waals surface area contributed by atoms with Crippen LogP contribution in [0.25, 0.3) is 0 Å². The third-order valence-electron chi connectivity index (χ3n) is 2.00. The molecule has 2 N–H and O–H groups in total. The molecule has 0 saturated heterocycles. The third-order valence-corrected chi connectivity index (χ3v) is 2.49. The minimum Gasteiger partial charge on any atom is -0.497 e. The maximum absolute atomic E-state index is 10.2. The van der Waals surface area contributed by atoms with Crippen LogP contribution in [0.15, 0.2) is 60.7 Å². The quantitative estimate of drug-likeness (QED) is 0.848. The highest BCUT2D eigenvalue weighted by Crippen LogP contribution is 2.06. The van der Waals surface area contributed by atoms with E-state index in [9.17, 15) is 8.42 Å². The Kier molecular flexibility index (Phi) is 5.84. The van der Waals surface area contributed by atoms with E-state index in [0.717, 1.165) is 5.75 Å². The van der Waals surface area contributed by atoms with Crippen LogP contribution in [0.3, 0.4) is 0 Å². The van der Waals surface area contributed by atoms with E-state index in [1.165, 1.54) is 12.1 Å². The Bertz CT molecular complexity index is 570. The summed E-state index contributed by atoms with van der Waals surface area (Å²) in [6.45, 7) is 0. The number of hydrogen-bond donors (Lipinski definition) is 2. The number of nitrogens with one attached hydrogen (secondary N) is 1. The molecule has 0 atom stereocenters. The lowest BCUT2D eigenvalue weighted by Gasteiger charge is -1.99. The molecule has 5 nitrogen and oxygen atoms in total. The minimum atomic E-state index is -4.13. The van der Waals surface area contributed by atoms with Gasteiger partial charge >= 0.3 is 10.3 Å². The summed E-state index contributed by atoms with van der Waals surface area (Å²) in [6.07, 6.45) is 0. The van der Waals surface area contributed by atoms with E-state index >= 15 is 0 Å². The summed E-state index contributed by atoms with van der Waals surface area (Å²) in [4.78, 5) is 0. The van der Waals surface area contributed by atoms with Crippen molar-refractivity contribution in [1.29, 1.82) is 0 Å². The molecule has 0 aromatic heterocycles. The van der Waals surface area contributed by atoms with Crippen LogP contribution in [0.1, 0.15) is 0 Å². The predicted octanol–water partition coefficient (Wildman–Crippen LogP) is 2.60. The topological polar surface area (TPSA) is 75.6 Å². The number of anilines is 1. The second-order valence-electron chi connectivity index (χ2n) is 3.46. The van der Waals surface area contributed by atoms with Crippen LogP contribution in [0, 0.1) is 0 Å². The highest BCUT2D eigenvalue weighted by Gasteiger charge is 2.00. The Morgan fingerprint density at radius 3 is 1.79 bits per heavy atom. The lowest BCUT2D eigenvalue weighted by molar-refractivity contribution is 0.415. The Morgan fingerprint density at radius 2 is 1.42 bits per heavy atom. The van der Waals surface area contributed by atoms with Crippen LogP contribution in [0.2, 0.25) is 0 Å². The zero-order chi connectivity index (χ0) is 14.1. The zero-order valence-corrected chi connectivity index (χ0v) is 11.2. The molecule has 2 aromatic carbocycles. The number of methoxy groups -OCH3 is 1. The molecule has 0 aliphatic carbocycles. The first-order chi connectivity index (χ1) is 9.01. The Hall–Kier alpha value is -2.05. The average Bonchev–Trinajstić information content (AvgIpc) is 2.40. The lowest BCUT2D eigenvalue weighted by Crippen LogP contribution is -2.09. The summed E-state index contributed by atoms with van der Waals surface area (Å²) in [7, 11) is -2.47. The second kappa shape index (κ2) is 7.40. The van der Waals surface area contributed by atoms with Gasteiger partial charge in [0.2, 0.25) is 0 Å². The lowest BCUT2D eigenvalue weighted by atomic mass is 10.3. The van der Waals surface area contributed by atoms with Crippen molar-refractivity contribution in [2.24, 2.45) is 0 Å². The molecule has 0 amide bonds. The number of hydrogen-bond acceptors (Lipinski definition) is 3. The molecule has 6 heteroatoms. The van der Waals surface area contributed by atoms with Gasteiger partial charge in [-0.1, -0.05) is 36.4 Å². The Labute approximate surface area is 112 Å². The maximum Gasteiger partial charge on any atom is 0.357 e. The molecule has 102 valence electrons. The summed E-state index contributed by atoms with van der Waals surface area (Å²) in [6, 6.07) is 17.8. The molecule has 0 unspecified atom stereocenters. The molecule has 0 fully saturated rings. The third kappa shape index (κ3) is 7.07. The van der Waals surface area contributed by atoms with Crippen LogP contribution in [-0.2, 0) is 10.3 Å². The Balaban J connectivity index is 0.000000200. The average molecular weight is 281 g/mol. The largest absolute Gasteiger partial charge is 0.497 e. The van der Waals surface area contributed by atoms with E-state index < -0.39 is 10.3 Å². The van der Waals surface area contributed by atoms with Gasteiger partial charge < -0.3 is 4.74 Å². The van der Waals surface area contributed by atoms with Crippen LogP contribution in [0.4, 0.5) is 5.69 Å². The first-order valence-corrected chi connectivity index (χ1v) is 6.84. The summed E-state index contributed by atoms with van der Waals surface area (Å²) >= 11 is 0. The maximum atomic E-state index is 10.2. The van der Waals surface area contributed by atoms with Crippen molar-refractivity contribution >= 4 is 16.0 Å². The van der Waals surface area contributed by atoms with Crippen LogP contribution < -0.4 is 9.46 Å². The van der Waals surface area contributed by atoms with E-state index in [0.29, 0.717) is 5.69 Å². The normalized spacial score (nSPS) is 10.0. The van der Waals surface area contributed by atoms with Crippen LogP contribution in [0.5, 0.6) is 5.75 Å². The van der Waals surface area contributed by atoms with Gasteiger partial charge in [0.05, 0.1) is 12.8 Å². The minimum absolute atomic E-state index is 0.343. The van der Waals surface area contributed by atoms with Crippen molar-refractivity contribution in [2.75, 3.05) is 11.8 Å². The summed E-state index contributed by atoms with van der Waals surface area (Å²) < 4.78 is 35.6. The van der Waals surface area contributed by atoms with Gasteiger partial charge in [0.1, 0.15) is 5.75 Å². The number of para-hydroxylation sites is 2. The fourth-order valence-electron chi connectivity index (χ4n) is 1.21. The summed E-state index contributed by atoms with van der Waals surface area (Å²) in [5.74, 6) is 0.910. The van der Waals surface area contributed by atoms with Crippen molar-refractivity contribution in [3.63, 3.8) is 0 Å². The fourth-order valence-corrected chi connectivity index (χ4v) is 1.65. The molecule has 0 saturated carbocycles. The van der Waals surface area contributed by atoms with Crippen molar-refractivity contribution in [3.8, 4) is 5.75 Å². The van der Waals surface area contributed by atoms with Gasteiger partial charge in [-0.05, 0) is 24.3 Å². The molecule has 19 heavy (non-hydrogen) atoms. The Morgan fingerprint density at radius 1 is 0.947 bits per heavy atom. The van der Waals surface area contributed by atoms with Crippen LogP contribution in [-0.4, -0.2) is 20.1 Å². The molecule has 0 radical (unpaired) electrons. The molecular formula is C13H15NO4S. The van der Waals surface area contributed by atoms with Crippen molar-refractivity contribution in [2.45, 2.75) is 0 Å². The molecule has 0 aliphatic rings. The van der Waals surface area contributed by atoms with Gasteiger partial charge in [-0.25, -0.2) is 0 Å². The SMILES string of the molecule is COc1ccccc1.O=S(=O)(O)Nc1ccccc1. The van der Waals surface area contributed by atoms with E-state index in [2.05, 4.69) is 0 Å². The first kappa shape index (κ1) is 15.0. The van der Waals surface area contributed by atoms with Crippen molar-refractivity contribution in [3.05, 3.63) is 60.7 Å². The van der Waals surface area contributed by atoms with Crippen molar-refractivity contribution in [1.82, 2.24) is 0 Å². The van der Waals surface area contributed by atoms with Crippen molar-refractivity contribution < 1.29 is 17.7 Å². The molecule has 0 heterocycles. The van der Waals surface area contributed by atoms with Gasteiger partial charge in [-0.2, -0.15) is 8.42 Å². The number of rotatable bonds is 3. The van der Waals surface area contributed by atoms with Crippen LogP contribution >= 0.6 is 0 Å². The molecule has 2 aromatic rings. The van der Waals surface area contributed by atoms with Gasteiger partial charge in [0, 0.05) is 0 Å². The predicted molar refractivity (Wildman–Crippen MR) is 74.6 cm³/mol. The van der Waals surface area contributed by atoms with Gasteiger partial charge in [-0.3, -0.25) is 9.27 Å². The van der Waals surface area contributed by atoms with Gasteiger partial charge in [0.15, 0.2) is 0 Å². The number of ether oxygens (including phenoxy) is 1. The molecular weight excluding hydrogens is 266 g/mol. The number of benzene rings is 2. The standard InChI is InChI=1S/C7H8O.C6H7NO3S/c1-8-7-5-3-2-4-6-7;8-11(9,10)7-6-4-2-1-3-5-6/h2-6H,1H3;1-5,7H,(H,8,9,10). The van der Waals surface area contributed by atoms with E-state index in [4.69, 9.17) is 9.29 Å². The summed E-state index contributed by atoms with van der Waals surface area (Å²) in [5, 5.41) is 0. The zero-order valence-electron chi connectivity index (χ0n) is 10.4.